The summed E-state index contributed by atoms with van der Waals surface area (Å²) in [4.78, 5) is 16.9. The molecule has 2 aliphatic rings. The highest BCUT2D eigenvalue weighted by Gasteiger charge is 2.35. The van der Waals surface area contributed by atoms with Crippen molar-refractivity contribution in [3.8, 4) is 0 Å². The van der Waals surface area contributed by atoms with Crippen molar-refractivity contribution in [3.63, 3.8) is 0 Å². The highest BCUT2D eigenvalue weighted by Crippen LogP contribution is 2.31. The molecule has 4 unspecified atom stereocenters. The zero-order valence-electron chi connectivity index (χ0n) is 15.4. The van der Waals surface area contributed by atoms with Gasteiger partial charge in [-0.3, -0.25) is 15.2 Å². The monoisotopic (exact) mass is 439 g/mol. The van der Waals surface area contributed by atoms with Gasteiger partial charge in [-0.25, -0.2) is 9.38 Å². The Labute approximate surface area is 169 Å². The van der Waals surface area contributed by atoms with E-state index < -0.39 is 35.2 Å². The van der Waals surface area contributed by atoms with Crippen LogP contribution in [0.1, 0.15) is 37.8 Å². The molecule has 1 aliphatic carbocycles. The molecule has 1 aliphatic heterocycles. The summed E-state index contributed by atoms with van der Waals surface area (Å²) >= 11 is 5.86. The SMILES string of the molecule is O=C(NC(=NC1CCCOC1)Nc1cc(C(F)(F)F)[nH]n1)C1CCC(Cl)C(F)C1. The molecule has 1 saturated heterocycles. The van der Waals surface area contributed by atoms with Crippen LogP contribution in [-0.2, 0) is 15.7 Å². The number of nitrogens with one attached hydrogen (secondary N) is 3. The number of aromatic nitrogens is 2. The first-order valence-corrected chi connectivity index (χ1v) is 9.80. The number of hydrogen-bond donors (Lipinski definition) is 3. The van der Waals surface area contributed by atoms with Gasteiger partial charge in [0.2, 0.25) is 11.9 Å². The Morgan fingerprint density at radius 3 is 2.76 bits per heavy atom. The number of H-pyrrole nitrogens is 1. The van der Waals surface area contributed by atoms with E-state index in [2.05, 4.69) is 20.7 Å². The Bertz CT molecular complexity index is 736. The summed E-state index contributed by atoms with van der Waals surface area (Å²) < 4.78 is 57.5. The molecular weight excluding hydrogens is 418 g/mol. The van der Waals surface area contributed by atoms with E-state index in [9.17, 15) is 22.4 Å². The fraction of sp³-hybridized carbons (Fsp3) is 0.706. The van der Waals surface area contributed by atoms with E-state index in [4.69, 9.17) is 16.3 Å². The topological polar surface area (TPSA) is 91.4 Å². The second-order valence-electron chi connectivity index (χ2n) is 7.17. The van der Waals surface area contributed by atoms with Gasteiger partial charge in [0, 0.05) is 18.6 Å². The van der Waals surface area contributed by atoms with Crippen molar-refractivity contribution in [1.29, 1.82) is 0 Å². The molecule has 0 radical (unpaired) electrons. The number of guanidine groups is 1. The van der Waals surface area contributed by atoms with Crippen molar-refractivity contribution in [2.75, 3.05) is 18.5 Å². The second kappa shape index (κ2) is 9.29. The van der Waals surface area contributed by atoms with E-state index in [0.29, 0.717) is 32.5 Å². The fourth-order valence-electron chi connectivity index (χ4n) is 3.29. The van der Waals surface area contributed by atoms with E-state index in [1.54, 1.807) is 0 Å². The first-order valence-electron chi connectivity index (χ1n) is 9.36. The lowest BCUT2D eigenvalue weighted by molar-refractivity contribution is -0.141. The average molecular weight is 440 g/mol. The van der Waals surface area contributed by atoms with Crippen molar-refractivity contribution in [1.82, 2.24) is 15.5 Å². The lowest BCUT2D eigenvalue weighted by Crippen LogP contribution is -2.43. The van der Waals surface area contributed by atoms with Gasteiger partial charge in [0.15, 0.2) is 5.82 Å². The van der Waals surface area contributed by atoms with Crippen molar-refractivity contribution in [2.45, 2.75) is 55.9 Å². The second-order valence-corrected chi connectivity index (χ2v) is 7.73. The first-order chi connectivity index (χ1) is 13.7. The lowest BCUT2D eigenvalue weighted by Gasteiger charge is -2.27. The maximum Gasteiger partial charge on any atom is 0.432 e. The molecular formula is C17H22ClF4N5O2. The summed E-state index contributed by atoms with van der Waals surface area (Å²) in [5.74, 6) is -1.26. The minimum Gasteiger partial charge on any atom is -0.379 e. The van der Waals surface area contributed by atoms with Gasteiger partial charge < -0.3 is 10.1 Å². The van der Waals surface area contributed by atoms with Gasteiger partial charge in [0.25, 0.3) is 0 Å². The summed E-state index contributed by atoms with van der Waals surface area (Å²) in [6, 6.07) is 0.509. The van der Waals surface area contributed by atoms with Gasteiger partial charge in [0.05, 0.1) is 18.0 Å². The molecule has 0 bridgehead atoms. The van der Waals surface area contributed by atoms with Crippen LogP contribution in [0.15, 0.2) is 11.1 Å². The van der Waals surface area contributed by atoms with Crippen LogP contribution in [0.3, 0.4) is 0 Å². The third kappa shape index (κ3) is 6.05. The highest BCUT2D eigenvalue weighted by molar-refractivity contribution is 6.21. The van der Waals surface area contributed by atoms with Gasteiger partial charge in [-0.15, -0.1) is 11.6 Å². The number of ether oxygens (including phenoxy) is 1. The molecule has 2 heterocycles. The molecule has 2 fully saturated rings. The van der Waals surface area contributed by atoms with Gasteiger partial charge in [0.1, 0.15) is 11.9 Å². The number of nitrogens with zero attached hydrogens (tertiary/aromatic N) is 2. The van der Waals surface area contributed by atoms with Crippen molar-refractivity contribution in [2.24, 2.45) is 10.9 Å². The number of carbonyl (C=O) groups is 1. The molecule has 0 aromatic carbocycles. The Hall–Kier alpha value is -1.88. The van der Waals surface area contributed by atoms with E-state index in [0.717, 1.165) is 12.5 Å². The van der Waals surface area contributed by atoms with Crippen LogP contribution in [0.2, 0.25) is 0 Å². The number of aliphatic imine (C=N–C) groups is 1. The standard InChI is InChI=1S/C17H22ClF4N5O2/c18-11-4-3-9(6-12(11)19)15(28)25-16(23-10-2-1-5-29-8-10)24-14-7-13(26-27-14)17(20,21)22/h7,9-12H,1-6,8H2,(H3,23,24,25,26,27,28). The van der Waals surface area contributed by atoms with Crippen LogP contribution < -0.4 is 10.6 Å². The summed E-state index contributed by atoms with van der Waals surface area (Å²) in [6.45, 7) is 0.939. The molecule has 0 spiro atoms. The van der Waals surface area contributed by atoms with E-state index in [1.807, 2.05) is 5.10 Å². The molecule has 1 saturated carbocycles. The van der Waals surface area contributed by atoms with Crippen molar-refractivity contribution >= 4 is 29.3 Å². The number of rotatable bonds is 3. The average Bonchev–Trinajstić information content (AvgIpc) is 3.13. The van der Waals surface area contributed by atoms with Crippen LogP contribution in [0.25, 0.3) is 0 Å². The smallest absolute Gasteiger partial charge is 0.379 e. The third-order valence-electron chi connectivity index (χ3n) is 4.88. The van der Waals surface area contributed by atoms with Gasteiger partial charge in [-0.2, -0.15) is 18.3 Å². The number of halogens is 5. The molecule has 4 atom stereocenters. The van der Waals surface area contributed by atoms with Crippen molar-refractivity contribution in [3.05, 3.63) is 11.8 Å². The largest absolute Gasteiger partial charge is 0.432 e. The predicted octanol–water partition coefficient (Wildman–Crippen LogP) is 3.24. The van der Waals surface area contributed by atoms with Crippen LogP contribution in [-0.4, -0.2) is 52.9 Å². The molecule has 29 heavy (non-hydrogen) atoms. The number of anilines is 1. The summed E-state index contributed by atoms with van der Waals surface area (Å²) in [7, 11) is 0. The molecule has 162 valence electrons. The van der Waals surface area contributed by atoms with Gasteiger partial charge in [-0.1, -0.05) is 0 Å². The maximum atomic E-state index is 13.9. The highest BCUT2D eigenvalue weighted by atomic mass is 35.5. The number of hydrogen-bond acceptors (Lipinski definition) is 4. The lowest BCUT2D eigenvalue weighted by atomic mass is 9.87. The first kappa shape index (κ1) is 21.8. The third-order valence-corrected chi connectivity index (χ3v) is 5.37. The molecule has 3 N–H and O–H groups in total. The number of alkyl halides is 5. The molecule has 12 heteroatoms. The van der Waals surface area contributed by atoms with Crippen LogP contribution >= 0.6 is 11.6 Å². The quantitative estimate of drug-likeness (QED) is 0.292. The molecule has 3 rings (SSSR count). The summed E-state index contributed by atoms with van der Waals surface area (Å²) in [6.07, 6.45) is -3.62. The molecule has 7 nitrogen and oxygen atoms in total. The molecule has 1 aromatic heterocycles. The van der Waals surface area contributed by atoms with Gasteiger partial charge >= 0.3 is 6.18 Å². The minimum absolute atomic E-state index is 0.0134. The van der Waals surface area contributed by atoms with Gasteiger partial charge in [-0.05, 0) is 32.1 Å². The zero-order chi connectivity index (χ0) is 21.0. The summed E-state index contributed by atoms with van der Waals surface area (Å²) in [5.41, 5.74) is -1.03. The van der Waals surface area contributed by atoms with E-state index in [-0.39, 0.29) is 24.2 Å². The molecule has 1 aromatic rings. The maximum absolute atomic E-state index is 13.9. The van der Waals surface area contributed by atoms with Crippen molar-refractivity contribution < 1.29 is 27.1 Å². The zero-order valence-corrected chi connectivity index (χ0v) is 16.2. The Balaban J connectivity index is 1.71. The summed E-state index contributed by atoms with van der Waals surface area (Å²) in [5, 5.41) is 10.0. The Morgan fingerprint density at radius 2 is 2.14 bits per heavy atom. The Kier molecular flexibility index (Phi) is 6.99. The fourth-order valence-corrected chi connectivity index (χ4v) is 3.52. The van der Waals surface area contributed by atoms with E-state index >= 15 is 0 Å². The number of carbonyl (C=O) groups excluding carboxylic acids is 1. The minimum atomic E-state index is -4.58. The molecule has 1 amide bonds. The van der Waals surface area contributed by atoms with E-state index in [1.165, 1.54) is 0 Å². The number of aromatic amines is 1. The Morgan fingerprint density at radius 1 is 1.34 bits per heavy atom. The number of amides is 1. The van der Waals surface area contributed by atoms with Crippen LogP contribution in [0.4, 0.5) is 23.4 Å². The predicted molar refractivity (Wildman–Crippen MR) is 98.5 cm³/mol. The van der Waals surface area contributed by atoms with Crippen LogP contribution in [0, 0.1) is 5.92 Å². The van der Waals surface area contributed by atoms with Crippen LogP contribution in [0.5, 0.6) is 0 Å². The normalized spacial score (nSPS) is 28.8.